The first-order chi connectivity index (χ1) is 8.43. The van der Waals surface area contributed by atoms with E-state index in [-0.39, 0.29) is 23.1 Å². The normalized spacial score (nSPS) is 12.5. The van der Waals surface area contributed by atoms with Crippen molar-refractivity contribution in [1.82, 2.24) is 20.5 Å². The average molecular weight is 270 g/mol. The maximum atomic E-state index is 11.7. The fourth-order valence-corrected chi connectivity index (χ4v) is 1.76. The number of nitrogens with one attached hydrogen (secondary N) is 2. The molecule has 0 bridgehead atoms. The van der Waals surface area contributed by atoms with E-state index in [2.05, 4.69) is 20.5 Å². The maximum absolute atomic E-state index is 11.7. The summed E-state index contributed by atoms with van der Waals surface area (Å²) in [6.07, 6.45) is 2.23. The Morgan fingerprint density at radius 1 is 1.39 bits per heavy atom. The zero-order chi connectivity index (χ0) is 13.7. The van der Waals surface area contributed by atoms with Crippen LogP contribution in [0.15, 0.2) is 9.95 Å². The van der Waals surface area contributed by atoms with Crippen LogP contribution in [0.4, 0.5) is 0 Å². The Morgan fingerprint density at radius 2 is 2.06 bits per heavy atom. The average Bonchev–Trinajstić information content (AvgIpc) is 2.27. The number of hydrogen-bond donors (Lipinski definition) is 2. The van der Waals surface area contributed by atoms with Gasteiger partial charge < -0.3 is 5.32 Å². The minimum absolute atomic E-state index is 0.0901. The topological polar surface area (TPSA) is 87.7 Å². The van der Waals surface area contributed by atoms with Gasteiger partial charge in [0, 0.05) is 6.42 Å². The van der Waals surface area contributed by atoms with Crippen molar-refractivity contribution in [2.75, 3.05) is 6.26 Å². The molecule has 100 valence electrons. The van der Waals surface area contributed by atoms with Crippen molar-refractivity contribution in [2.24, 2.45) is 5.92 Å². The maximum Gasteiger partial charge on any atom is 0.275 e. The Kier molecular flexibility index (Phi) is 5.33. The highest BCUT2D eigenvalue weighted by Gasteiger charge is 2.16. The van der Waals surface area contributed by atoms with Gasteiger partial charge in [-0.25, -0.2) is 0 Å². The summed E-state index contributed by atoms with van der Waals surface area (Å²) in [4.78, 5) is 25.9. The van der Waals surface area contributed by atoms with Crippen LogP contribution in [0, 0.1) is 5.92 Å². The van der Waals surface area contributed by atoms with E-state index in [1.54, 1.807) is 13.2 Å². The van der Waals surface area contributed by atoms with Crippen LogP contribution in [-0.4, -0.2) is 27.3 Å². The molecule has 1 aromatic rings. The van der Waals surface area contributed by atoms with Crippen LogP contribution in [0.3, 0.4) is 0 Å². The number of thioether (sulfide) groups is 1. The van der Waals surface area contributed by atoms with Crippen LogP contribution in [0.1, 0.15) is 38.9 Å². The van der Waals surface area contributed by atoms with Crippen LogP contribution in [0.25, 0.3) is 0 Å². The summed E-state index contributed by atoms with van der Waals surface area (Å²) in [5, 5.41) is 10.9. The summed E-state index contributed by atoms with van der Waals surface area (Å²) in [5.74, 6) is 0.188. The van der Waals surface area contributed by atoms with E-state index in [1.807, 2.05) is 13.8 Å². The Balaban J connectivity index is 2.75. The summed E-state index contributed by atoms with van der Waals surface area (Å²) in [7, 11) is 0. The van der Waals surface area contributed by atoms with E-state index in [0.717, 1.165) is 0 Å². The minimum Gasteiger partial charge on any atom is -0.348 e. The number of nitrogens with zero attached hydrogens (tertiary/aromatic N) is 2. The first kappa shape index (κ1) is 14.7. The highest BCUT2D eigenvalue weighted by Crippen LogP contribution is 2.08. The zero-order valence-corrected chi connectivity index (χ0v) is 11.8. The van der Waals surface area contributed by atoms with E-state index >= 15 is 0 Å². The van der Waals surface area contributed by atoms with Gasteiger partial charge in [-0.2, -0.15) is 0 Å². The third-order valence-electron chi connectivity index (χ3n) is 2.28. The molecule has 6 nitrogen and oxygen atoms in total. The quantitative estimate of drug-likeness (QED) is 0.783. The third kappa shape index (κ3) is 4.14. The van der Waals surface area contributed by atoms with Gasteiger partial charge in [-0.15, -0.1) is 10.2 Å². The number of hydrogen-bond acceptors (Lipinski definition) is 5. The number of carbonyl (C=O) groups excluding carboxylic acids is 1. The lowest BCUT2D eigenvalue weighted by Gasteiger charge is -2.13. The second-order valence-electron chi connectivity index (χ2n) is 4.44. The van der Waals surface area contributed by atoms with Gasteiger partial charge >= 0.3 is 0 Å². The van der Waals surface area contributed by atoms with Gasteiger partial charge in [0.1, 0.15) is 0 Å². The van der Waals surface area contributed by atoms with Crippen LogP contribution in [0.5, 0.6) is 0 Å². The van der Waals surface area contributed by atoms with Gasteiger partial charge in [0.2, 0.25) is 5.91 Å². The molecule has 0 fully saturated rings. The van der Waals surface area contributed by atoms with Crippen molar-refractivity contribution in [3.05, 3.63) is 16.0 Å². The fraction of sp³-hybridized carbons (Fsp3) is 0.636. The Bertz CT molecular complexity index is 472. The molecular weight excluding hydrogens is 252 g/mol. The summed E-state index contributed by atoms with van der Waals surface area (Å²) in [5.41, 5.74) is -0.0865. The van der Waals surface area contributed by atoms with Gasteiger partial charge in [-0.05, 0) is 19.1 Å². The second-order valence-corrected chi connectivity index (χ2v) is 5.23. The third-order valence-corrected chi connectivity index (χ3v) is 2.85. The van der Waals surface area contributed by atoms with Gasteiger partial charge in [-0.1, -0.05) is 25.6 Å². The first-order valence-corrected chi connectivity index (χ1v) is 6.96. The van der Waals surface area contributed by atoms with E-state index in [9.17, 15) is 9.59 Å². The lowest BCUT2D eigenvalue weighted by Crippen LogP contribution is -2.32. The summed E-state index contributed by atoms with van der Waals surface area (Å²) < 4.78 is 0. The molecule has 1 aromatic heterocycles. The summed E-state index contributed by atoms with van der Waals surface area (Å²) in [6.45, 7) is 5.64. The molecule has 1 unspecified atom stereocenters. The molecular formula is C11H18N4O2S. The lowest BCUT2D eigenvalue weighted by atomic mass is 10.1. The summed E-state index contributed by atoms with van der Waals surface area (Å²) in [6, 6.07) is -0.441. The number of H-pyrrole nitrogens is 1. The van der Waals surface area contributed by atoms with Crippen LogP contribution in [0.2, 0.25) is 0 Å². The van der Waals surface area contributed by atoms with Gasteiger partial charge in [0.05, 0.1) is 6.04 Å². The molecule has 0 radical (unpaired) electrons. The van der Waals surface area contributed by atoms with Gasteiger partial charge in [0.15, 0.2) is 10.9 Å². The molecule has 0 aliphatic carbocycles. The number of aromatic nitrogens is 3. The Labute approximate surface area is 110 Å². The summed E-state index contributed by atoms with van der Waals surface area (Å²) >= 11 is 1.31. The van der Waals surface area contributed by atoms with Crippen molar-refractivity contribution < 1.29 is 4.79 Å². The van der Waals surface area contributed by atoms with Crippen LogP contribution >= 0.6 is 11.8 Å². The van der Waals surface area contributed by atoms with Crippen LogP contribution < -0.4 is 10.9 Å². The lowest BCUT2D eigenvalue weighted by molar-refractivity contribution is -0.122. The second kappa shape index (κ2) is 6.53. The highest BCUT2D eigenvalue weighted by molar-refractivity contribution is 7.98. The molecule has 2 N–H and O–H groups in total. The minimum atomic E-state index is -0.441. The number of carbonyl (C=O) groups is 1. The van der Waals surface area contributed by atoms with Crippen molar-refractivity contribution in [3.63, 3.8) is 0 Å². The molecule has 18 heavy (non-hydrogen) atoms. The fourth-order valence-electron chi connectivity index (χ4n) is 1.45. The van der Waals surface area contributed by atoms with Gasteiger partial charge in [-0.3, -0.25) is 14.6 Å². The largest absolute Gasteiger partial charge is 0.348 e. The van der Waals surface area contributed by atoms with E-state index in [1.165, 1.54) is 11.8 Å². The van der Waals surface area contributed by atoms with Crippen molar-refractivity contribution in [1.29, 1.82) is 0 Å². The zero-order valence-electron chi connectivity index (χ0n) is 11.0. The van der Waals surface area contributed by atoms with E-state index in [0.29, 0.717) is 11.6 Å². The molecule has 1 heterocycles. The predicted octanol–water partition coefficient (Wildman–Crippen LogP) is 1.11. The molecule has 7 heteroatoms. The van der Waals surface area contributed by atoms with Gasteiger partial charge in [0.25, 0.3) is 5.56 Å². The molecule has 0 aliphatic heterocycles. The molecule has 1 atom stereocenters. The Hall–Kier alpha value is -1.37. The molecule has 1 amide bonds. The highest BCUT2D eigenvalue weighted by atomic mass is 32.2. The van der Waals surface area contributed by atoms with Crippen LogP contribution in [-0.2, 0) is 4.79 Å². The van der Waals surface area contributed by atoms with Crippen molar-refractivity contribution in [2.45, 2.75) is 38.4 Å². The monoisotopic (exact) mass is 270 g/mol. The Morgan fingerprint density at radius 3 is 2.56 bits per heavy atom. The smallest absolute Gasteiger partial charge is 0.275 e. The molecule has 1 rings (SSSR count). The number of amides is 1. The van der Waals surface area contributed by atoms with Crippen molar-refractivity contribution in [3.8, 4) is 0 Å². The molecule has 0 spiro atoms. The van der Waals surface area contributed by atoms with E-state index < -0.39 is 6.04 Å². The number of aromatic amines is 1. The molecule has 0 saturated heterocycles. The molecule has 0 aliphatic rings. The van der Waals surface area contributed by atoms with Crippen molar-refractivity contribution >= 4 is 17.7 Å². The number of rotatable bonds is 5. The predicted molar refractivity (Wildman–Crippen MR) is 70.4 cm³/mol. The first-order valence-electron chi connectivity index (χ1n) is 5.74. The molecule has 0 saturated carbocycles. The standard InChI is InChI=1S/C11H18N4O2S/c1-6(2)5-8(16)12-7(3)9-10(17)13-11(18-4)15-14-9/h6-7H,5H2,1-4H3,(H,12,16)(H,13,15,17). The molecule has 0 aromatic carbocycles. The van der Waals surface area contributed by atoms with E-state index in [4.69, 9.17) is 0 Å². The SMILES string of the molecule is CSc1nnc(C(C)NC(=O)CC(C)C)c(=O)[nH]1.